The van der Waals surface area contributed by atoms with Gasteiger partial charge < -0.3 is 5.11 Å². The lowest BCUT2D eigenvalue weighted by Crippen LogP contribution is -2.35. The van der Waals surface area contributed by atoms with Gasteiger partial charge in [0.2, 0.25) is 0 Å². The molecule has 1 aliphatic carbocycles. The lowest BCUT2D eigenvalue weighted by atomic mass is 10.3. The van der Waals surface area contributed by atoms with Crippen molar-refractivity contribution < 1.29 is 5.11 Å². The van der Waals surface area contributed by atoms with E-state index in [-0.39, 0.29) is 0 Å². The minimum Gasteiger partial charge on any atom is -0.395 e. The molecule has 1 N–H and O–H groups in total. The maximum Gasteiger partial charge on any atom is 0.0558 e. The predicted octanol–water partition coefficient (Wildman–Crippen LogP) is 0.851. The maximum atomic E-state index is 8.72. The fourth-order valence-corrected chi connectivity index (χ4v) is 1.38. The molecule has 1 rings (SSSR count). The summed E-state index contributed by atoms with van der Waals surface area (Å²) in [7, 11) is 0. The van der Waals surface area contributed by atoms with Crippen LogP contribution >= 0.6 is 0 Å². The van der Waals surface area contributed by atoms with Crippen LogP contribution in [0.3, 0.4) is 0 Å². The van der Waals surface area contributed by atoms with Gasteiger partial charge in [0.15, 0.2) is 0 Å². The zero-order valence-corrected chi connectivity index (χ0v) is 6.88. The molecule has 0 amide bonds. The summed E-state index contributed by atoms with van der Waals surface area (Å²) in [5, 5.41) is 8.72. The quantitative estimate of drug-likeness (QED) is 0.630. The van der Waals surface area contributed by atoms with Crippen molar-refractivity contribution in [1.82, 2.24) is 4.90 Å². The highest BCUT2D eigenvalue weighted by molar-refractivity contribution is 4.85. The van der Waals surface area contributed by atoms with Gasteiger partial charge in [-0.05, 0) is 26.7 Å². The van der Waals surface area contributed by atoms with Gasteiger partial charge in [0, 0.05) is 18.6 Å². The van der Waals surface area contributed by atoms with Crippen molar-refractivity contribution in [3.05, 3.63) is 0 Å². The number of hydrogen-bond donors (Lipinski definition) is 1. The summed E-state index contributed by atoms with van der Waals surface area (Å²) in [6.07, 6.45) is 2.66. The minimum atomic E-state index is 0.300. The van der Waals surface area contributed by atoms with Crippen LogP contribution in [0.5, 0.6) is 0 Å². The molecule has 2 nitrogen and oxygen atoms in total. The zero-order valence-electron chi connectivity index (χ0n) is 6.88. The normalized spacial score (nSPS) is 18.9. The Balaban J connectivity index is 2.26. The summed E-state index contributed by atoms with van der Waals surface area (Å²) in [5.41, 5.74) is 0. The lowest BCUT2D eigenvalue weighted by Gasteiger charge is -2.24. The molecular weight excluding hydrogens is 126 g/mol. The van der Waals surface area contributed by atoms with Gasteiger partial charge in [0.25, 0.3) is 0 Å². The Bertz CT molecular complexity index is 97.4. The topological polar surface area (TPSA) is 23.5 Å². The van der Waals surface area contributed by atoms with Crippen LogP contribution in [0.4, 0.5) is 0 Å². The van der Waals surface area contributed by atoms with Gasteiger partial charge in [-0.2, -0.15) is 0 Å². The van der Waals surface area contributed by atoms with Crippen LogP contribution in [0, 0.1) is 0 Å². The standard InChI is InChI=1S/C8H17NO/c1-7(2)9(5-6-10)8-3-4-8/h7-8,10H,3-6H2,1-2H3. The summed E-state index contributed by atoms with van der Waals surface area (Å²) in [4.78, 5) is 2.38. The fraction of sp³-hybridized carbons (Fsp3) is 1.00. The van der Waals surface area contributed by atoms with Crippen LogP contribution in [-0.4, -0.2) is 35.2 Å². The Labute approximate surface area is 62.8 Å². The first-order valence-corrected chi connectivity index (χ1v) is 4.12. The van der Waals surface area contributed by atoms with E-state index in [1.54, 1.807) is 0 Å². The summed E-state index contributed by atoms with van der Waals surface area (Å²) < 4.78 is 0. The zero-order chi connectivity index (χ0) is 7.56. The smallest absolute Gasteiger partial charge is 0.0558 e. The first-order chi connectivity index (χ1) is 4.75. The van der Waals surface area contributed by atoms with Crippen molar-refractivity contribution in [2.45, 2.75) is 38.8 Å². The number of aliphatic hydroxyl groups excluding tert-OH is 1. The van der Waals surface area contributed by atoms with Crippen molar-refractivity contribution in [2.75, 3.05) is 13.2 Å². The molecule has 1 aliphatic rings. The Morgan fingerprint density at radius 2 is 2.10 bits per heavy atom. The lowest BCUT2D eigenvalue weighted by molar-refractivity contribution is 0.158. The van der Waals surface area contributed by atoms with E-state index in [0.29, 0.717) is 12.6 Å². The molecule has 0 spiro atoms. The molecule has 10 heavy (non-hydrogen) atoms. The van der Waals surface area contributed by atoms with Gasteiger partial charge in [0.05, 0.1) is 6.61 Å². The third kappa shape index (κ3) is 1.96. The Hall–Kier alpha value is -0.0800. The van der Waals surface area contributed by atoms with Gasteiger partial charge in [-0.25, -0.2) is 0 Å². The van der Waals surface area contributed by atoms with Crippen molar-refractivity contribution in [3.8, 4) is 0 Å². The first kappa shape index (κ1) is 8.02. The second-order valence-corrected chi connectivity index (χ2v) is 3.29. The Morgan fingerprint density at radius 1 is 1.50 bits per heavy atom. The van der Waals surface area contributed by atoms with Crippen LogP contribution in [0.2, 0.25) is 0 Å². The van der Waals surface area contributed by atoms with Gasteiger partial charge in [-0.1, -0.05) is 0 Å². The molecule has 1 saturated carbocycles. The van der Waals surface area contributed by atoms with E-state index in [1.165, 1.54) is 12.8 Å². The number of rotatable bonds is 4. The summed E-state index contributed by atoms with van der Waals surface area (Å²) >= 11 is 0. The van der Waals surface area contributed by atoms with E-state index in [0.717, 1.165) is 12.6 Å². The highest BCUT2D eigenvalue weighted by Crippen LogP contribution is 2.27. The molecular formula is C8H17NO. The second-order valence-electron chi connectivity index (χ2n) is 3.29. The molecule has 0 radical (unpaired) electrons. The van der Waals surface area contributed by atoms with Crippen LogP contribution < -0.4 is 0 Å². The summed E-state index contributed by atoms with van der Waals surface area (Å²) in [6.45, 7) is 5.53. The Morgan fingerprint density at radius 3 is 2.40 bits per heavy atom. The maximum absolute atomic E-state index is 8.72. The molecule has 0 bridgehead atoms. The molecule has 0 aromatic rings. The van der Waals surface area contributed by atoms with E-state index in [2.05, 4.69) is 18.7 Å². The van der Waals surface area contributed by atoms with Crippen molar-refractivity contribution in [1.29, 1.82) is 0 Å². The molecule has 60 valence electrons. The van der Waals surface area contributed by atoms with E-state index in [1.807, 2.05) is 0 Å². The number of hydrogen-bond acceptors (Lipinski definition) is 2. The molecule has 0 unspecified atom stereocenters. The van der Waals surface area contributed by atoms with Crippen LogP contribution in [-0.2, 0) is 0 Å². The van der Waals surface area contributed by atoms with E-state index >= 15 is 0 Å². The summed E-state index contributed by atoms with van der Waals surface area (Å²) in [6, 6.07) is 1.38. The molecule has 0 saturated heterocycles. The van der Waals surface area contributed by atoms with E-state index in [4.69, 9.17) is 5.11 Å². The molecule has 0 aromatic carbocycles. The van der Waals surface area contributed by atoms with Gasteiger partial charge >= 0.3 is 0 Å². The van der Waals surface area contributed by atoms with Crippen LogP contribution in [0.15, 0.2) is 0 Å². The molecule has 0 aromatic heterocycles. The van der Waals surface area contributed by atoms with Gasteiger partial charge in [-0.3, -0.25) is 4.90 Å². The highest BCUT2D eigenvalue weighted by atomic mass is 16.3. The minimum absolute atomic E-state index is 0.300. The summed E-state index contributed by atoms with van der Waals surface area (Å²) in [5.74, 6) is 0. The first-order valence-electron chi connectivity index (χ1n) is 4.12. The molecule has 1 fully saturated rings. The molecule has 0 aliphatic heterocycles. The van der Waals surface area contributed by atoms with E-state index < -0.39 is 0 Å². The van der Waals surface area contributed by atoms with Gasteiger partial charge in [-0.15, -0.1) is 0 Å². The van der Waals surface area contributed by atoms with Gasteiger partial charge in [0.1, 0.15) is 0 Å². The monoisotopic (exact) mass is 143 g/mol. The number of nitrogens with zero attached hydrogens (tertiary/aromatic N) is 1. The van der Waals surface area contributed by atoms with Crippen LogP contribution in [0.1, 0.15) is 26.7 Å². The average molecular weight is 143 g/mol. The molecule has 0 heterocycles. The molecule has 0 atom stereocenters. The predicted molar refractivity (Wildman–Crippen MR) is 41.9 cm³/mol. The third-order valence-corrected chi connectivity index (χ3v) is 2.04. The van der Waals surface area contributed by atoms with Crippen molar-refractivity contribution in [3.63, 3.8) is 0 Å². The molecule has 2 heteroatoms. The second kappa shape index (κ2) is 3.35. The van der Waals surface area contributed by atoms with Crippen molar-refractivity contribution in [2.24, 2.45) is 0 Å². The largest absolute Gasteiger partial charge is 0.395 e. The number of aliphatic hydroxyl groups is 1. The highest BCUT2D eigenvalue weighted by Gasteiger charge is 2.29. The average Bonchev–Trinajstić information content (AvgIpc) is 2.63. The van der Waals surface area contributed by atoms with Crippen LogP contribution in [0.25, 0.3) is 0 Å². The Kier molecular flexibility index (Phi) is 2.69. The van der Waals surface area contributed by atoms with E-state index in [9.17, 15) is 0 Å². The third-order valence-electron chi connectivity index (χ3n) is 2.04. The SMILES string of the molecule is CC(C)N(CCO)C1CC1. The van der Waals surface area contributed by atoms with Crippen molar-refractivity contribution >= 4 is 0 Å². The fourth-order valence-electron chi connectivity index (χ4n) is 1.38.